The van der Waals surface area contributed by atoms with Crippen LogP contribution in [0.25, 0.3) is 0 Å². The average Bonchev–Trinajstić information content (AvgIpc) is 2.92. The van der Waals surface area contributed by atoms with Gasteiger partial charge in [0.1, 0.15) is 5.78 Å². The van der Waals surface area contributed by atoms with Gasteiger partial charge in [0.15, 0.2) is 0 Å². The summed E-state index contributed by atoms with van der Waals surface area (Å²) in [6.07, 6.45) is 1.59. The second-order valence-corrected chi connectivity index (χ2v) is 5.37. The molecule has 0 bridgehead atoms. The number of carbonyl (C=O) groups is 1. The summed E-state index contributed by atoms with van der Waals surface area (Å²) in [6.45, 7) is 2.01. The predicted octanol–water partition coefficient (Wildman–Crippen LogP) is 3.05. The van der Waals surface area contributed by atoms with Crippen molar-refractivity contribution in [3.63, 3.8) is 0 Å². The van der Waals surface area contributed by atoms with E-state index in [4.69, 9.17) is 11.6 Å². The third-order valence-corrected chi connectivity index (χ3v) is 4.02. The largest absolute Gasteiger partial charge is 0.299 e. The predicted molar refractivity (Wildman–Crippen MR) is 74.3 cm³/mol. The molecule has 18 heavy (non-hydrogen) atoms. The minimum atomic E-state index is 0.168. The van der Waals surface area contributed by atoms with Crippen LogP contribution in [0.1, 0.15) is 23.9 Å². The number of ketones is 1. The molecule has 0 aliphatic carbocycles. The highest BCUT2D eigenvalue weighted by molar-refractivity contribution is 7.08. The van der Waals surface area contributed by atoms with E-state index in [9.17, 15) is 4.79 Å². The minimum Gasteiger partial charge on any atom is -0.299 e. The standard InChI is InChI=1S/C13H15ClN2OS/c1-3-11-13(14)12(16(2)15-11)7-10(17)6-9-4-5-18-8-9/h4-5,8H,3,6-7H2,1-2H3. The molecule has 0 aliphatic rings. The van der Waals surface area contributed by atoms with Crippen molar-refractivity contribution in [1.29, 1.82) is 0 Å². The Bertz CT molecular complexity index is 546. The summed E-state index contributed by atoms with van der Waals surface area (Å²) >= 11 is 7.83. The molecule has 2 aromatic rings. The van der Waals surface area contributed by atoms with Crippen LogP contribution in [0.2, 0.25) is 5.02 Å². The van der Waals surface area contributed by atoms with E-state index in [1.807, 2.05) is 30.8 Å². The van der Waals surface area contributed by atoms with Crippen molar-refractivity contribution in [3.8, 4) is 0 Å². The molecule has 3 nitrogen and oxygen atoms in total. The molecule has 0 unspecified atom stereocenters. The van der Waals surface area contributed by atoms with Crippen LogP contribution in [0.4, 0.5) is 0 Å². The number of nitrogens with zero attached hydrogens (tertiary/aromatic N) is 2. The summed E-state index contributed by atoms with van der Waals surface area (Å²) < 4.78 is 1.71. The molecule has 2 aromatic heterocycles. The lowest BCUT2D eigenvalue weighted by Gasteiger charge is -2.01. The van der Waals surface area contributed by atoms with E-state index in [0.29, 0.717) is 17.9 Å². The van der Waals surface area contributed by atoms with Crippen molar-refractivity contribution < 1.29 is 4.79 Å². The zero-order valence-electron chi connectivity index (χ0n) is 10.4. The number of carbonyl (C=O) groups excluding carboxylic acids is 1. The highest BCUT2D eigenvalue weighted by Crippen LogP contribution is 2.22. The Morgan fingerprint density at radius 3 is 2.83 bits per heavy atom. The van der Waals surface area contributed by atoms with Gasteiger partial charge in [-0.3, -0.25) is 9.48 Å². The molecule has 0 amide bonds. The van der Waals surface area contributed by atoms with Gasteiger partial charge in [0.05, 0.1) is 22.8 Å². The lowest BCUT2D eigenvalue weighted by Crippen LogP contribution is -2.10. The molecule has 96 valence electrons. The van der Waals surface area contributed by atoms with Gasteiger partial charge in [-0.2, -0.15) is 16.4 Å². The molecular formula is C13H15ClN2OS. The molecular weight excluding hydrogens is 268 g/mol. The third-order valence-electron chi connectivity index (χ3n) is 2.85. The summed E-state index contributed by atoms with van der Waals surface area (Å²) in [5, 5.41) is 8.93. The second kappa shape index (κ2) is 5.67. The number of hydrogen-bond donors (Lipinski definition) is 0. The lowest BCUT2D eigenvalue weighted by molar-refractivity contribution is -0.117. The fraction of sp³-hybridized carbons (Fsp3) is 0.385. The Balaban J connectivity index is 2.09. The topological polar surface area (TPSA) is 34.9 Å². The molecule has 0 N–H and O–H groups in total. The van der Waals surface area contributed by atoms with Crippen LogP contribution in [0.15, 0.2) is 16.8 Å². The fourth-order valence-electron chi connectivity index (χ4n) is 1.88. The van der Waals surface area contributed by atoms with Crippen LogP contribution in [0, 0.1) is 0 Å². The van der Waals surface area contributed by atoms with Crippen molar-refractivity contribution in [2.24, 2.45) is 7.05 Å². The van der Waals surface area contributed by atoms with E-state index in [0.717, 1.165) is 23.4 Å². The van der Waals surface area contributed by atoms with Crippen LogP contribution in [0.3, 0.4) is 0 Å². The zero-order valence-corrected chi connectivity index (χ0v) is 12.0. The zero-order chi connectivity index (χ0) is 13.1. The van der Waals surface area contributed by atoms with Crippen molar-refractivity contribution in [2.45, 2.75) is 26.2 Å². The molecule has 0 aliphatic heterocycles. The van der Waals surface area contributed by atoms with E-state index in [1.54, 1.807) is 16.0 Å². The molecule has 2 rings (SSSR count). The Morgan fingerprint density at radius 2 is 2.28 bits per heavy atom. The molecule has 0 radical (unpaired) electrons. The SMILES string of the molecule is CCc1nn(C)c(CC(=O)Cc2ccsc2)c1Cl. The molecule has 0 saturated carbocycles. The van der Waals surface area contributed by atoms with Gasteiger partial charge in [-0.15, -0.1) is 0 Å². The maximum atomic E-state index is 12.0. The van der Waals surface area contributed by atoms with Crippen molar-refractivity contribution in [1.82, 2.24) is 9.78 Å². The van der Waals surface area contributed by atoms with E-state index in [1.165, 1.54) is 0 Å². The van der Waals surface area contributed by atoms with Gasteiger partial charge in [0.2, 0.25) is 0 Å². The van der Waals surface area contributed by atoms with Gasteiger partial charge in [0.25, 0.3) is 0 Å². The Labute approximate surface area is 115 Å². The van der Waals surface area contributed by atoms with Gasteiger partial charge in [0, 0.05) is 13.5 Å². The Morgan fingerprint density at radius 1 is 1.50 bits per heavy atom. The maximum Gasteiger partial charge on any atom is 0.143 e. The van der Waals surface area contributed by atoms with Crippen LogP contribution >= 0.6 is 22.9 Å². The second-order valence-electron chi connectivity index (χ2n) is 4.21. The number of aromatic nitrogens is 2. The number of thiophene rings is 1. The number of halogens is 1. The highest BCUT2D eigenvalue weighted by atomic mass is 35.5. The first-order valence-corrected chi connectivity index (χ1v) is 7.17. The van der Waals surface area contributed by atoms with Crippen molar-refractivity contribution in [3.05, 3.63) is 38.8 Å². The van der Waals surface area contributed by atoms with Crippen LogP contribution in [0.5, 0.6) is 0 Å². The lowest BCUT2D eigenvalue weighted by atomic mass is 10.1. The van der Waals surface area contributed by atoms with Crippen LogP contribution in [-0.2, 0) is 31.1 Å². The van der Waals surface area contributed by atoms with Gasteiger partial charge < -0.3 is 0 Å². The van der Waals surface area contributed by atoms with Gasteiger partial charge in [-0.25, -0.2) is 0 Å². The number of rotatable bonds is 5. The molecule has 0 aromatic carbocycles. The molecule has 2 heterocycles. The first-order valence-electron chi connectivity index (χ1n) is 5.84. The average molecular weight is 283 g/mol. The number of hydrogen-bond acceptors (Lipinski definition) is 3. The first kappa shape index (κ1) is 13.3. The van der Waals surface area contributed by atoms with Crippen LogP contribution in [-0.4, -0.2) is 15.6 Å². The normalized spacial score (nSPS) is 10.8. The van der Waals surface area contributed by atoms with E-state index >= 15 is 0 Å². The Hall–Kier alpha value is -1.13. The molecule has 0 spiro atoms. The minimum absolute atomic E-state index is 0.168. The molecule has 5 heteroatoms. The van der Waals surface area contributed by atoms with Gasteiger partial charge >= 0.3 is 0 Å². The molecule has 0 saturated heterocycles. The highest BCUT2D eigenvalue weighted by Gasteiger charge is 2.16. The summed E-state index contributed by atoms with van der Waals surface area (Å²) in [5.41, 5.74) is 2.74. The number of Topliss-reactive ketones (excluding diaryl/α,β-unsaturated/α-hetero) is 1. The summed E-state index contributed by atoms with van der Waals surface area (Å²) in [7, 11) is 1.83. The third kappa shape index (κ3) is 2.82. The maximum absolute atomic E-state index is 12.0. The summed E-state index contributed by atoms with van der Waals surface area (Å²) in [6, 6.07) is 1.98. The Kier molecular flexibility index (Phi) is 4.19. The quantitative estimate of drug-likeness (QED) is 0.845. The fourth-order valence-corrected chi connectivity index (χ4v) is 2.91. The monoisotopic (exact) mass is 282 g/mol. The summed E-state index contributed by atoms with van der Waals surface area (Å²) in [5.74, 6) is 0.168. The summed E-state index contributed by atoms with van der Waals surface area (Å²) in [4.78, 5) is 12.0. The van der Waals surface area contributed by atoms with Crippen LogP contribution < -0.4 is 0 Å². The van der Waals surface area contributed by atoms with E-state index in [-0.39, 0.29) is 5.78 Å². The molecule has 0 fully saturated rings. The van der Waals surface area contributed by atoms with Crippen molar-refractivity contribution in [2.75, 3.05) is 0 Å². The van der Waals surface area contributed by atoms with Gasteiger partial charge in [-0.1, -0.05) is 18.5 Å². The van der Waals surface area contributed by atoms with Crippen molar-refractivity contribution >= 4 is 28.7 Å². The smallest absolute Gasteiger partial charge is 0.143 e. The van der Waals surface area contributed by atoms with E-state index in [2.05, 4.69) is 5.10 Å². The molecule has 0 atom stereocenters. The van der Waals surface area contributed by atoms with Gasteiger partial charge in [-0.05, 0) is 28.8 Å². The van der Waals surface area contributed by atoms with E-state index < -0.39 is 0 Å². The first-order chi connectivity index (χ1) is 8.61. The number of aryl methyl sites for hydroxylation is 2.